The maximum atomic E-state index is 12.2. The molecule has 1 saturated heterocycles. The predicted octanol–water partition coefficient (Wildman–Crippen LogP) is 0.249. The minimum absolute atomic E-state index is 0.104. The number of amides is 1. The number of morpholine rings is 1. The average Bonchev–Trinajstić information content (AvgIpc) is 2.14. The number of alkyl halides is 3. The SMILES string of the molecule is C[C@@H]1OCCN(C(=O)C(F)(F)F)[C@H]1C(=O)O. The molecule has 92 valence electrons. The number of ether oxygens (including phenoxy) is 1. The van der Waals surface area contributed by atoms with Crippen LogP contribution in [0.3, 0.4) is 0 Å². The Morgan fingerprint density at radius 2 is 2.00 bits per heavy atom. The van der Waals surface area contributed by atoms with Gasteiger partial charge < -0.3 is 14.7 Å². The fraction of sp³-hybridized carbons (Fsp3) is 0.750. The lowest BCUT2D eigenvalue weighted by atomic mass is 10.1. The minimum Gasteiger partial charge on any atom is -0.480 e. The molecule has 1 aliphatic heterocycles. The summed E-state index contributed by atoms with van der Waals surface area (Å²) in [4.78, 5) is 22.0. The van der Waals surface area contributed by atoms with Crippen molar-refractivity contribution in [2.24, 2.45) is 0 Å². The molecule has 0 radical (unpaired) electrons. The van der Waals surface area contributed by atoms with E-state index >= 15 is 0 Å². The van der Waals surface area contributed by atoms with Gasteiger partial charge in [0.25, 0.3) is 0 Å². The average molecular weight is 241 g/mol. The largest absolute Gasteiger partial charge is 0.480 e. The molecule has 0 aliphatic carbocycles. The maximum absolute atomic E-state index is 12.2. The van der Waals surface area contributed by atoms with Crippen LogP contribution in [0.15, 0.2) is 0 Å². The molecule has 1 aliphatic rings. The van der Waals surface area contributed by atoms with Crippen molar-refractivity contribution in [1.29, 1.82) is 0 Å². The Morgan fingerprint density at radius 1 is 1.44 bits per heavy atom. The normalized spacial score (nSPS) is 26.6. The van der Waals surface area contributed by atoms with Crippen LogP contribution >= 0.6 is 0 Å². The van der Waals surface area contributed by atoms with Crippen LogP contribution in [-0.2, 0) is 14.3 Å². The number of hydrogen-bond donors (Lipinski definition) is 1. The van der Waals surface area contributed by atoms with Gasteiger partial charge in [-0.1, -0.05) is 0 Å². The first-order valence-corrected chi connectivity index (χ1v) is 4.47. The number of hydrogen-bond acceptors (Lipinski definition) is 3. The third-order valence-electron chi connectivity index (χ3n) is 2.25. The lowest BCUT2D eigenvalue weighted by Gasteiger charge is -2.37. The Labute approximate surface area is 88.8 Å². The second-order valence-electron chi connectivity index (χ2n) is 3.36. The highest BCUT2D eigenvalue weighted by atomic mass is 19.4. The molecule has 1 N–H and O–H groups in total. The van der Waals surface area contributed by atoms with E-state index in [2.05, 4.69) is 0 Å². The van der Waals surface area contributed by atoms with Crippen molar-refractivity contribution in [3.63, 3.8) is 0 Å². The molecule has 16 heavy (non-hydrogen) atoms. The summed E-state index contributed by atoms with van der Waals surface area (Å²) in [6.45, 7) is 0.834. The molecule has 0 aromatic carbocycles. The van der Waals surface area contributed by atoms with Crippen molar-refractivity contribution in [1.82, 2.24) is 4.90 Å². The quantitative estimate of drug-likeness (QED) is 0.714. The minimum atomic E-state index is -5.06. The van der Waals surface area contributed by atoms with E-state index in [-0.39, 0.29) is 18.1 Å². The van der Waals surface area contributed by atoms with E-state index < -0.39 is 30.2 Å². The van der Waals surface area contributed by atoms with Gasteiger partial charge in [0.2, 0.25) is 0 Å². The lowest BCUT2D eigenvalue weighted by molar-refractivity contribution is -0.199. The van der Waals surface area contributed by atoms with Crippen LogP contribution in [0.4, 0.5) is 13.2 Å². The van der Waals surface area contributed by atoms with Gasteiger partial charge in [-0.2, -0.15) is 13.2 Å². The number of carbonyl (C=O) groups excluding carboxylic acids is 1. The highest BCUT2D eigenvalue weighted by molar-refractivity contribution is 5.87. The molecular formula is C8H10F3NO4. The summed E-state index contributed by atoms with van der Waals surface area (Å²) in [6, 6.07) is -1.59. The third kappa shape index (κ3) is 2.43. The number of carbonyl (C=O) groups is 2. The fourth-order valence-electron chi connectivity index (χ4n) is 1.55. The number of carboxylic acid groups (broad SMARTS) is 1. The summed E-state index contributed by atoms with van der Waals surface area (Å²) in [5, 5.41) is 8.75. The van der Waals surface area contributed by atoms with Crippen molar-refractivity contribution in [2.45, 2.75) is 25.2 Å². The van der Waals surface area contributed by atoms with Gasteiger partial charge in [0.1, 0.15) is 0 Å². The number of rotatable bonds is 1. The molecule has 1 rings (SSSR count). The van der Waals surface area contributed by atoms with E-state index in [0.29, 0.717) is 0 Å². The smallest absolute Gasteiger partial charge is 0.471 e. The van der Waals surface area contributed by atoms with Gasteiger partial charge in [-0.15, -0.1) is 0 Å². The topological polar surface area (TPSA) is 66.8 Å². The Kier molecular flexibility index (Phi) is 3.41. The molecule has 0 bridgehead atoms. The summed E-state index contributed by atoms with van der Waals surface area (Å²) in [5.41, 5.74) is 0. The zero-order chi connectivity index (χ0) is 12.5. The second kappa shape index (κ2) is 4.28. The van der Waals surface area contributed by atoms with Crippen LogP contribution in [0.5, 0.6) is 0 Å². The summed E-state index contributed by atoms with van der Waals surface area (Å²) in [7, 11) is 0. The molecule has 0 aromatic rings. The standard InChI is InChI=1S/C8H10F3NO4/c1-4-5(6(13)14)12(2-3-16-4)7(15)8(9,10)11/h4-5H,2-3H2,1H3,(H,13,14)/t4-,5+/m0/s1. The van der Waals surface area contributed by atoms with E-state index in [9.17, 15) is 22.8 Å². The molecule has 0 spiro atoms. The molecule has 0 aromatic heterocycles. The first kappa shape index (κ1) is 12.8. The van der Waals surface area contributed by atoms with Crippen LogP contribution in [0.1, 0.15) is 6.92 Å². The second-order valence-corrected chi connectivity index (χ2v) is 3.36. The number of carboxylic acids is 1. The van der Waals surface area contributed by atoms with Gasteiger partial charge in [-0.25, -0.2) is 4.79 Å². The lowest BCUT2D eigenvalue weighted by Crippen LogP contribution is -2.59. The Hall–Kier alpha value is -1.31. The number of nitrogens with zero attached hydrogens (tertiary/aromatic N) is 1. The van der Waals surface area contributed by atoms with Crippen LogP contribution in [0, 0.1) is 0 Å². The fourth-order valence-corrected chi connectivity index (χ4v) is 1.55. The molecule has 1 fully saturated rings. The summed E-state index contributed by atoms with van der Waals surface area (Å²) < 4.78 is 41.4. The zero-order valence-corrected chi connectivity index (χ0v) is 8.32. The zero-order valence-electron chi connectivity index (χ0n) is 8.32. The molecule has 0 unspecified atom stereocenters. The van der Waals surface area contributed by atoms with Crippen molar-refractivity contribution in [3.05, 3.63) is 0 Å². The molecule has 8 heteroatoms. The predicted molar refractivity (Wildman–Crippen MR) is 44.6 cm³/mol. The van der Waals surface area contributed by atoms with Gasteiger partial charge in [0.15, 0.2) is 6.04 Å². The van der Waals surface area contributed by atoms with Crippen molar-refractivity contribution < 1.29 is 32.6 Å². The monoisotopic (exact) mass is 241 g/mol. The van der Waals surface area contributed by atoms with Crippen molar-refractivity contribution in [2.75, 3.05) is 13.2 Å². The van der Waals surface area contributed by atoms with Crippen LogP contribution in [-0.4, -0.2) is 53.4 Å². The Morgan fingerprint density at radius 3 is 2.44 bits per heavy atom. The van der Waals surface area contributed by atoms with Gasteiger partial charge in [-0.05, 0) is 6.92 Å². The van der Waals surface area contributed by atoms with E-state index in [1.54, 1.807) is 0 Å². The van der Waals surface area contributed by atoms with Crippen LogP contribution < -0.4 is 0 Å². The van der Waals surface area contributed by atoms with Crippen molar-refractivity contribution in [3.8, 4) is 0 Å². The molecule has 1 amide bonds. The Bertz CT molecular complexity index is 304. The van der Waals surface area contributed by atoms with E-state index in [0.717, 1.165) is 0 Å². The summed E-state index contributed by atoms with van der Waals surface area (Å²) >= 11 is 0. The third-order valence-corrected chi connectivity index (χ3v) is 2.25. The summed E-state index contributed by atoms with van der Waals surface area (Å²) in [6.07, 6.45) is -6.03. The Balaban J connectivity index is 2.92. The highest BCUT2D eigenvalue weighted by Gasteiger charge is 2.48. The van der Waals surface area contributed by atoms with Gasteiger partial charge in [0.05, 0.1) is 12.7 Å². The van der Waals surface area contributed by atoms with E-state index in [1.807, 2.05) is 0 Å². The number of aliphatic carboxylic acids is 1. The van der Waals surface area contributed by atoms with Gasteiger partial charge in [-0.3, -0.25) is 4.79 Å². The molecule has 5 nitrogen and oxygen atoms in total. The first-order chi connectivity index (χ1) is 7.25. The molecule has 0 saturated carbocycles. The van der Waals surface area contributed by atoms with Gasteiger partial charge in [0, 0.05) is 6.54 Å². The molecular weight excluding hydrogens is 231 g/mol. The van der Waals surface area contributed by atoms with E-state index in [1.165, 1.54) is 6.92 Å². The highest BCUT2D eigenvalue weighted by Crippen LogP contribution is 2.23. The maximum Gasteiger partial charge on any atom is 0.471 e. The first-order valence-electron chi connectivity index (χ1n) is 4.47. The van der Waals surface area contributed by atoms with Gasteiger partial charge >= 0.3 is 18.1 Å². The van der Waals surface area contributed by atoms with Crippen LogP contribution in [0.25, 0.3) is 0 Å². The number of halogens is 3. The van der Waals surface area contributed by atoms with Crippen molar-refractivity contribution >= 4 is 11.9 Å². The van der Waals surface area contributed by atoms with E-state index in [4.69, 9.17) is 9.84 Å². The van der Waals surface area contributed by atoms with Crippen LogP contribution in [0.2, 0.25) is 0 Å². The molecule has 2 atom stereocenters. The molecule has 1 heterocycles. The summed E-state index contributed by atoms with van der Waals surface area (Å²) in [5.74, 6) is -3.65.